The first-order valence-corrected chi connectivity index (χ1v) is 5.99. The number of rotatable bonds is 2. The van der Waals surface area contributed by atoms with E-state index in [-0.39, 0.29) is 12.0 Å². The lowest BCUT2D eigenvalue weighted by Crippen LogP contribution is -2.28. The minimum atomic E-state index is -0.136. The minimum absolute atomic E-state index is 0.136. The molecule has 2 fully saturated rings. The zero-order chi connectivity index (χ0) is 9.97. The molecule has 0 radical (unpaired) electrons. The van der Waals surface area contributed by atoms with E-state index in [9.17, 15) is 9.90 Å². The predicted octanol–water partition coefficient (Wildman–Crippen LogP) is 2.30. The third-order valence-corrected chi connectivity index (χ3v) is 3.86. The Morgan fingerprint density at radius 2 is 1.36 bits per heavy atom. The van der Waals surface area contributed by atoms with Crippen LogP contribution in [-0.2, 0) is 4.79 Å². The van der Waals surface area contributed by atoms with Gasteiger partial charge in [-0.05, 0) is 38.5 Å². The summed E-state index contributed by atoms with van der Waals surface area (Å²) in [6.45, 7) is 0. The normalized spacial score (nSPS) is 34.6. The molecule has 14 heavy (non-hydrogen) atoms. The van der Waals surface area contributed by atoms with Crippen LogP contribution in [0.15, 0.2) is 0 Å². The van der Waals surface area contributed by atoms with Gasteiger partial charge in [-0.25, -0.2) is 0 Å². The number of Topliss-reactive ketones (excluding diaryl/α,β-unsaturated/α-hetero) is 1. The van der Waals surface area contributed by atoms with E-state index < -0.39 is 0 Å². The Bertz CT molecular complexity index is 198. The Hall–Kier alpha value is -0.370. The Morgan fingerprint density at radius 3 is 1.93 bits per heavy atom. The fraction of sp³-hybridized carbons (Fsp3) is 0.917. The maximum absolute atomic E-state index is 12.0. The van der Waals surface area contributed by atoms with Gasteiger partial charge in [-0.1, -0.05) is 12.8 Å². The zero-order valence-electron chi connectivity index (χ0n) is 8.74. The molecule has 2 aliphatic rings. The van der Waals surface area contributed by atoms with Gasteiger partial charge < -0.3 is 5.11 Å². The molecule has 0 unspecified atom stereocenters. The molecule has 0 amide bonds. The van der Waals surface area contributed by atoms with Crippen LogP contribution in [0.3, 0.4) is 0 Å². The number of ketones is 1. The standard InChI is InChI=1S/C12H20O2/c13-11-7-5-10(6-8-11)12(14)9-3-1-2-4-9/h9-11,13H,1-8H2. The van der Waals surface area contributed by atoms with Crippen molar-refractivity contribution in [2.24, 2.45) is 11.8 Å². The summed E-state index contributed by atoms with van der Waals surface area (Å²) in [6, 6.07) is 0. The number of carbonyl (C=O) groups is 1. The summed E-state index contributed by atoms with van der Waals surface area (Å²) in [6.07, 6.45) is 8.12. The molecule has 2 nitrogen and oxygen atoms in total. The molecule has 2 heteroatoms. The van der Waals surface area contributed by atoms with Gasteiger partial charge in [0.1, 0.15) is 5.78 Å². The molecule has 80 valence electrons. The van der Waals surface area contributed by atoms with Gasteiger partial charge in [-0.3, -0.25) is 4.79 Å². The highest BCUT2D eigenvalue weighted by molar-refractivity contribution is 5.83. The average molecular weight is 196 g/mol. The van der Waals surface area contributed by atoms with Gasteiger partial charge in [0.25, 0.3) is 0 Å². The van der Waals surface area contributed by atoms with Gasteiger partial charge in [0.2, 0.25) is 0 Å². The van der Waals surface area contributed by atoms with Crippen LogP contribution in [0.2, 0.25) is 0 Å². The fourth-order valence-electron chi connectivity index (χ4n) is 2.90. The van der Waals surface area contributed by atoms with Crippen LogP contribution in [0.4, 0.5) is 0 Å². The van der Waals surface area contributed by atoms with Crippen LogP contribution < -0.4 is 0 Å². The van der Waals surface area contributed by atoms with Gasteiger partial charge in [0.05, 0.1) is 6.10 Å². The lowest BCUT2D eigenvalue weighted by Gasteiger charge is -2.26. The van der Waals surface area contributed by atoms with Crippen LogP contribution in [0.25, 0.3) is 0 Å². The monoisotopic (exact) mass is 196 g/mol. The van der Waals surface area contributed by atoms with Crippen molar-refractivity contribution in [3.63, 3.8) is 0 Å². The van der Waals surface area contributed by atoms with Crippen molar-refractivity contribution in [3.05, 3.63) is 0 Å². The minimum Gasteiger partial charge on any atom is -0.393 e. The molecule has 0 atom stereocenters. The van der Waals surface area contributed by atoms with Gasteiger partial charge in [-0.2, -0.15) is 0 Å². The lowest BCUT2D eigenvalue weighted by atomic mass is 9.80. The quantitative estimate of drug-likeness (QED) is 0.735. The summed E-state index contributed by atoms with van der Waals surface area (Å²) in [7, 11) is 0. The van der Waals surface area contributed by atoms with Gasteiger partial charge in [0.15, 0.2) is 0 Å². The molecule has 2 rings (SSSR count). The van der Waals surface area contributed by atoms with Crippen LogP contribution in [0.5, 0.6) is 0 Å². The Kier molecular flexibility index (Phi) is 3.22. The summed E-state index contributed by atoms with van der Waals surface area (Å²) < 4.78 is 0. The van der Waals surface area contributed by atoms with Crippen LogP contribution in [0, 0.1) is 11.8 Å². The number of aliphatic hydroxyl groups is 1. The van der Waals surface area contributed by atoms with Crippen molar-refractivity contribution >= 4 is 5.78 Å². The van der Waals surface area contributed by atoms with Crippen LogP contribution in [0.1, 0.15) is 51.4 Å². The summed E-state index contributed by atoms with van der Waals surface area (Å²) >= 11 is 0. The van der Waals surface area contributed by atoms with Gasteiger partial charge in [0, 0.05) is 11.8 Å². The first-order chi connectivity index (χ1) is 6.77. The van der Waals surface area contributed by atoms with E-state index in [2.05, 4.69) is 0 Å². The zero-order valence-corrected chi connectivity index (χ0v) is 8.74. The molecule has 2 saturated carbocycles. The van der Waals surface area contributed by atoms with Crippen LogP contribution >= 0.6 is 0 Å². The maximum Gasteiger partial charge on any atom is 0.139 e. The van der Waals surface area contributed by atoms with E-state index in [0.717, 1.165) is 38.5 Å². The highest BCUT2D eigenvalue weighted by atomic mass is 16.3. The lowest BCUT2D eigenvalue weighted by molar-refractivity contribution is -0.128. The predicted molar refractivity (Wildman–Crippen MR) is 54.9 cm³/mol. The van der Waals surface area contributed by atoms with E-state index in [1.54, 1.807) is 0 Å². The molecule has 0 saturated heterocycles. The van der Waals surface area contributed by atoms with Crippen molar-refractivity contribution in [2.45, 2.75) is 57.5 Å². The molecule has 0 spiro atoms. The maximum atomic E-state index is 12.0. The second-order valence-corrected chi connectivity index (χ2v) is 4.89. The average Bonchev–Trinajstić information content (AvgIpc) is 2.71. The highest BCUT2D eigenvalue weighted by Gasteiger charge is 2.31. The molecule has 0 bridgehead atoms. The Balaban J connectivity index is 1.85. The summed E-state index contributed by atoms with van der Waals surface area (Å²) in [5, 5.41) is 9.36. The first-order valence-electron chi connectivity index (χ1n) is 5.99. The molecule has 0 aromatic heterocycles. The van der Waals surface area contributed by atoms with Gasteiger partial charge in [-0.15, -0.1) is 0 Å². The first kappa shape index (κ1) is 10.2. The second-order valence-electron chi connectivity index (χ2n) is 4.89. The molecule has 0 aromatic rings. The van der Waals surface area contributed by atoms with E-state index in [1.165, 1.54) is 12.8 Å². The summed E-state index contributed by atoms with van der Waals surface area (Å²) in [5.74, 6) is 1.16. The topological polar surface area (TPSA) is 37.3 Å². The van der Waals surface area contributed by atoms with Crippen molar-refractivity contribution in [1.82, 2.24) is 0 Å². The number of aliphatic hydroxyl groups excluding tert-OH is 1. The molecule has 1 N–H and O–H groups in total. The summed E-state index contributed by atoms with van der Waals surface area (Å²) in [5.41, 5.74) is 0. The Labute approximate surface area is 85.7 Å². The van der Waals surface area contributed by atoms with Crippen LogP contribution in [-0.4, -0.2) is 17.0 Å². The molecular formula is C12H20O2. The van der Waals surface area contributed by atoms with Gasteiger partial charge >= 0.3 is 0 Å². The molecule has 0 aromatic carbocycles. The SMILES string of the molecule is O=C(C1CCCC1)C1CCC(O)CC1. The van der Waals surface area contributed by atoms with E-state index in [1.807, 2.05) is 0 Å². The number of hydrogen-bond acceptors (Lipinski definition) is 2. The molecule has 0 aliphatic heterocycles. The third-order valence-electron chi connectivity index (χ3n) is 3.86. The van der Waals surface area contributed by atoms with Crippen molar-refractivity contribution in [1.29, 1.82) is 0 Å². The van der Waals surface area contributed by atoms with Crippen molar-refractivity contribution in [3.8, 4) is 0 Å². The fourth-order valence-corrected chi connectivity index (χ4v) is 2.90. The van der Waals surface area contributed by atoms with E-state index in [4.69, 9.17) is 0 Å². The largest absolute Gasteiger partial charge is 0.393 e. The Morgan fingerprint density at radius 1 is 0.857 bits per heavy atom. The molecule has 0 heterocycles. The number of hydrogen-bond donors (Lipinski definition) is 1. The van der Waals surface area contributed by atoms with E-state index >= 15 is 0 Å². The number of carbonyl (C=O) groups excluding carboxylic acids is 1. The highest BCUT2D eigenvalue weighted by Crippen LogP contribution is 2.33. The van der Waals surface area contributed by atoms with Crippen molar-refractivity contribution in [2.75, 3.05) is 0 Å². The third kappa shape index (κ3) is 2.17. The molecule has 2 aliphatic carbocycles. The second kappa shape index (κ2) is 4.43. The smallest absolute Gasteiger partial charge is 0.139 e. The summed E-state index contributed by atoms with van der Waals surface area (Å²) in [4.78, 5) is 12.0. The van der Waals surface area contributed by atoms with Crippen molar-refractivity contribution < 1.29 is 9.90 Å². The molecular weight excluding hydrogens is 176 g/mol. The van der Waals surface area contributed by atoms with E-state index in [0.29, 0.717) is 11.7 Å².